The van der Waals surface area contributed by atoms with E-state index in [1.807, 2.05) is 12.1 Å². The molecule has 24 heavy (non-hydrogen) atoms. The fraction of sp³-hybridized carbons (Fsp3) is 0.438. The first kappa shape index (κ1) is 16.1. The number of aromatic nitrogens is 3. The number of pyridine rings is 1. The first-order valence-electron chi connectivity index (χ1n) is 7.95. The summed E-state index contributed by atoms with van der Waals surface area (Å²) in [5.74, 6) is 1.63. The second-order valence-corrected chi connectivity index (χ2v) is 5.64. The van der Waals surface area contributed by atoms with Gasteiger partial charge in [-0.25, -0.2) is 9.97 Å². The van der Waals surface area contributed by atoms with E-state index < -0.39 is 0 Å². The molecule has 3 N–H and O–H groups in total. The van der Waals surface area contributed by atoms with Gasteiger partial charge < -0.3 is 25.4 Å². The number of rotatable bonds is 5. The van der Waals surface area contributed by atoms with Crippen molar-refractivity contribution in [1.82, 2.24) is 15.0 Å². The molecule has 2 aromatic rings. The highest BCUT2D eigenvalue weighted by Gasteiger charge is 2.20. The zero-order chi connectivity index (χ0) is 16.9. The third-order valence-corrected chi connectivity index (χ3v) is 4.13. The maximum absolute atomic E-state index is 9.61. The monoisotopic (exact) mass is 330 g/mol. The summed E-state index contributed by atoms with van der Waals surface area (Å²) in [5.41, 5.74) is 1.12. The lowest BCUT2D eigenvalue weighted by Crippen LogP contribution is -2.39. The molecule has 0 unspecified atom stereocenters. The SMILES string of the molecule is CNc1nc(NC2CCN(c3ccnc(OC)c3)CC2)ncc1O. The van der Waals surface area contributed by atoms with E-state index in [2.05, 4.69) is 30.5 Å². The molecule has 1 aliphatic rings. The molecule has 0 aliphatic carbocycles. The molecular formula is C16H22N6O2. The second-order valence-electron chi connectivity index (χ2n) is 5.64. The molecule has 2 aromatic heterocycles. The van der Waals surface area contributed by atoms with E-state index in [1.54, 1.807) is 20.4 Å². The van der Waals surface area contributed by atoms with E-state index in [-0.39, 0.29) is 5.75 Å². The van der Waals surface area contributed by atoms with Crippen LogP contribution >= 0.6 is 0 Å². The Bertz CT molecular complexity index is 688. The Hall–Kier alpha value is -2.77. The molecule has 1 aliphatic heterocycles. The van der Waals surface area contributed by atoms with Gasteiger partial charge >= 0.3 is 0 Å². The van der Waals surface area contributed by atoms with Crippen molar-refractivity contribution >= 4 is 17.5 Å². The Morgan fingerprint density at radius 1 is 1.29 bits per heavy atom. The highest BCUT2D eigenvalue weighted by molar-refractivity contribution is 5.51. The topological polar surface area (TPSA) is 95.4 Å². The van der Waals surface area contributed by atoms with Crippen molar-refractivity contribution in [3.63, 3.8) is 0 Å². The van der Waals surface area contributed by atoms with Gasteiger partial charge in [-0.05, 0) is 18.9 Å². The van der Waals surface area contributed by atoms with Crippen LogP contribution in [0.15, 0.2) is 24.5 Å². The summed E-state index contributed by atoms with van der Waals surface area (Å²) in [5, 5.41) is 15.8. The summed E-state index contributed by atoms with van der Waals surface area (Å²) < 4.78 is 5.18. The fourth-order valence-electron chi connectivity index (χ4n) is 2.80. The van der Waals surface area contributed by atoms with Crippen molar-refractivity contribution in [3.05, 3.63) is 24.5 Å². The Balaban J connectivity index is 1.59. The van der Waals surface area contributed by atoms with Crippen LogP contribution in [0.25, 0.3) is 0 Å². The van der Waals surface area contributed by atoms with Gasteiger partial charge in [0.25, 0.3) is 0 Å². The number of hydrogen-bond donors (Lipinski definition) is 3. The van der Waals surface area contributed by atoms with Crippen LogP contribution in [0.3, 0.4) is 0 Å². The van der Waals surface area contributed by atoms with E-state index in [9.17, 15) is 5.11 Å². The molecule has 0 bridgehead atoms. The summed E-state index contributed by atoms with van der Waals surface area (Å²) in [4.78, 5) is 14.9. The average molecular weight is 330 g/mol. The summed E-state index contributed by atoms with van der Waals surface area (Å²) in [6.07, 6.45) is 5.12. The van der Waals surface area contributed by atoms with Gasteiger partial charge in [0.15, 0.2) is 11.6 Å². The van der Waals surface area contributed by atoms with Crippen LogP contribution < -0.4 is 20.3 Å². The van der Waals surface area contributed by atoms with Gasteiger partial charge in [0.2, 0.25) is 11.8 Å². The van der Waals surface area contributed by atoms with Crippen molar-refractivity contribution in [2.24, 2.45) is 0 Å². The summed E-state index contributed by atoms with van der Waals surface area (Å²) in [6.45, 7) is 1.86. The van der Waals surface area contributed by atoms with Crippen LogP contribution in [-0.2, 0) is 0 Å². The number of nitrogens with zero attached hydrogens (tertiary/aromatic N) is 4. The molecule has 0 radical (unpaired) electrons. The quantitative estimate of drug-likeness (QED) is 0.762. The van der Waals surface area contributed by atoms with Gasteiger partial charge in [-0.2, -0.15) is 4.98 Å². The molecule has 0 amide bonds. The molecule has 8 nitrogen and oxygen atoms in total. The van der Waals surface area contributed by atoms with Crippen molar-refractivity contribution in [2.45, 2.75) is 18.9 Å². The van der Waals surface area contributed by atoms with E-state index in [4.69, 9.17) is 4.74 Å². The summed E-state index contributed by atoms with van der Waals surface area (Å²) in [6, 6.07) is 4.26. The van der Waals surface area contributed by atoms with Crippen LogP contribution in [0.5, 0.6) is 11.6 Å². The Labute approximate surface area is 140 Å². The van der Waals surface area contributed by atoms with Crippen LogP contribution in [-0.4, -0.2) is 53.3 Å². The van der Waals surface area contributed by atoms with Crippen molar-refractivity contribution in [3.8, 4) is 11.6 Å². The minimum atomic E-state index is 0.0458. The molecule has 128 valence electrons. The number of piperidine rings is 1. The maximum Gasteiger partial charge on any atom is 0.225 e. The molecule has 1 fully saturated rings. The van der Waals surface area contributed by atoms with Gasteiger partial charge in [-0.1, -0.05) is 0 Å². The second kappa shape index (κ2) is 7.20. The van der Waals surface area contributed by atoms with Gasteiger partial charge in [0, 0.05) is 44.1 Å². The van der Waals surface area contributed by atoms with E-state index >= 15 is 0 Å². The van der Waals surface area contributed by atoms with Gasteiger partial charge in [0.1, 0.15) is 0 Å². The third kappa shape index (κ3) is 3.58. The predicted molar refractivity (Wildman–Crippen MR) is 92.9 cm³/mol. The van der Waals surface area contributed by atoms with E-state index in [0.29, 0.717) is 23.7 Å². The third-order valence-electron chi connectivity index (χ3n) is 4.13. The fourth-order valence-corrected chi connectivity index (χ4v) is 2.80. The lowest BCUT2D eigenvalue weighted by atomic mass is 10.0. The van der Waals surface area contributed by atoms with Crippen molar-refractivity contribution in [2.75, 3.05) is 42.8 Å². The van der Waals surface area contributed by atoms with Crippen LogP contribution in [0, 0.1) is 0 Å². The standard InChI is InChI=1S/C16H22N6O2/c1-17-15-13(23)10-19-16(21-15)20-11-4-7-22(8-5-11)12-3-6-18-14(9-12)24-2/h3,6,9-11,23H,4-5,7-8H2,1-2H3,(H2,17,19,20,21). The zero-order valence-corrected chi connectivity index (χ0v) is 13.9. The predicted octanol–water partition coefficient (Wildman–Crippen LogP) is 1.71. The lowest BCUT2D eigenvalue weighted by Gasteiger charge is -2.34. The number of anilines is 3. The van der Waals surface area contributed by atoms with Crippen molar-refractivity contribution in [1.29, 1.82) is 0 Å². The zero-order valence-electron chi connectivity index (χ0n) is 13.9. The molecule has 0 aromatic carbocycles. The molecule has 8 heteroatoms. The first-order valence-corrected chi connectivity index (χ1v) is 7.95. The largest absolute Gasteiger partial charge is 0.503 e. The number of hydrogen-bond acceptors (Lipinski definition) is 8. The number of aromatic hydroxyl groups is 1. The minimum absolute atomic E-state index is 0.0458. The van der Waals surface area contributed by atoms with Crippen LogP contribution in [0.2, 0.25) is 0 Å². The summed E-state index contributed by atoms with van der Waals surface area (Å²) >= 11 is 0. The van der Waals surface area contributed by atoms with E-state index in [0.717, 1.165) is 31.6 Å². The highest BCUT2D eigenvalue weighted by Crippen LogP contribution is 2.24. The number of methoxy groups -OCH3 is 1. The van der Waals surface area contributed by atoms with E-state index in [1.165, 1.54) is 6.20 Å². The molecule has 3 rings (SSSR count). The van der Waals surface area contributed by atoms with Crippen molar-refractivity contribution < 1.29 is 9.84 Å². The highest BCUT2D eigenvalue weighted by atomic mass is 16.5. The molecule has 1 saturated heterocycles. The molecule has 0 spiro atoms. The maximum atomic E-state index is 9.61. The summed E-state index contributed by atoms with van der Waals surface area (Å²) in [7, 11) is 3.34. The Morgan fingerprint density at radius 2 is 2.08 bits per heavy atom. The van der Waals surface area contributed by atoms with Crippen LogP contribution in [0.4, 0.5) is 17.5 Å². The molecule has 0 saturated carbocycles. The van der Waals surface area contributed by atoms with Gasteiger partial charge in [-0.3, -0.25) is 0 Å². The Kier molecular flexibility index (Phi) is 4.83. The Morgan fingerprint density at radius 3 is 2.79 bits per heavy atom. The first-order chi connectivity index (χ1) is 11.7. The van der Waals surface area contributed by atoms with Gasteiger partial charge in [-0.15, -0.1) is 0 Å². The van der Waals surface area contributed by atoms with Crippen LogP contribution in [0.1, 0.15) is 12.8 Å². The number of nitrogens with one attached hydrogen (secondary N) is 2. The molecule has 0 atom stereocenters. The number of ether oxygens (including phenoxy) is 1. The minimum Gasteiger partial charge on any atom is -0.503 e. The normalized spacial score (nSPS) is 15.2. The molecular weight excluding hydrogens is 308 g/mol. The lowest BCUT2D eigenvalue weighted by molar-refractivity contribution is 0.397. The molecule has 3 heterocycles. The smallest absolute Gasteiger partial charge is 0.225 e. The van der Waals surface area contributed by atoms with Gasteiger partial charge in [0.05, 0.1) is 13.3 Å². The average Bonchev–Trinajstić information content (AvgIpc) is 2.64.